The summed E-state index contributed by atoms with van der Waals surface area (Å²) in [6, 6.07) is 44.7. The lowest BCUT2D eigenvalue weighted by atomic mass is 10.0. The Morgan fingerprint density at radius 2 is 1.35 bits per heavy atom. The second-order valence-electron chi connectivity index (χ2n) is 11.3. The minimum Gasteiger partial charge on any atom is -0.325 e. The first-order valence-corrected chi connectivity index (χ1v) is 16.9. The maximum absolute atomic E-state index is 13.7. The highest BCUT2D eigenvalue weighted by molar-refractivity contribution is 8.00. The summed E-state index contributed by atoms with van der Waals surface area (Å²) in [5.74, 6) is -1.06. The van der Waals surface area contributed by atoms with E-state index in [4.69, 9.17) is 11.6 Å². The summed E-state index contributed by atoms with van der Waals surface area (Å²) in [5, 5.41) is 10.7. The first kappa shape index (κ1) is 33.3. The standard InChI is InChI=1S/C41H32ClN3O3S/c1-27-19-20-33(26-36(27)42)44-41(48)38(29-12-4-2-5-13-29)49-34-23-21-32(22-24-34)43-40(47)37(45-39(46)30-14-6-3-7-15-30)25-31-17-10-16-28-11-8-9-18-35(28)31/h2-26,38H,1H3,(H,43,47)(H,44,48)(H,45,46)/b37-25-. The Morgan fingerprint density at radius 1 is 0.694 bits per heavy atom. The summed E-state index contributed by atoms with van der Waals surface area (Å²) in [6.07, 6.45) is 1.69. The number of nitrogens with one attached hydrogen (secondary N) is 3. The van der Waals surface area contributed by atoms with E-state index in [1.54, 1.807) is 48.5 Å². The molecule has 1 unspecified atom stereocenters. The van der Waals surface area contributed by atoms with Gasteiger partial charge in [0.15, 0.2) is 0 Å². The fourth-order valence-electron chi connectivity index (χ4n) is 5.20. The van der Waals surface area contributed by atoms with Gasteiger partial charge in [0, 0.05) is 26.9 Å². The van der Waals surface area contributed by atoms with Crippen LogP contribution < -0.4 is 16.0 Å². The minimum atomic E-state index is -0.551. The van der Waals surface area contributed by atoms with Gasteiger partial charge in [0.2, 0.25) is 5.91 Å². The molecule has 0 saturated heterocycles. The normalized spacial score (nSPS) is 11.8. The fraction of sp³-hybridized carbons (Fsp3) is 0.0488. The molecule has 3 amide bonds. The lowest BCUT2D eigenvalue weighted by molar-refractivity contribution is -0.116. The van der Waals surface area contributed by atoms with Crippen molar-refractivity contribution in [3.63, 3.8) is 0 Å². The monoisotopic (exact) mass is 681 g/mol. The molecule has 1 atom stereocenters. The van der Waals surface area contributed by atoms with Crippen LogP contribution in [0.4, 0.5) is 11.4 Å². The number of thioether (sulfide) groups is 1. The smallest absolute Gasteiger partial charge is 0.272 e. The van der Waals surface area contributed by atoms with Gasteiger partial charge in [-0.3, -0.25) is 14.4 Å². The molecular formula is C41H32ClN3O3S. The van der Waals surface area contributed by atoms with Gasteiger partial charge in [-0.15, -0.1) is 11.8 Å². The van der Waals surface area contributed by atoms with Gasteiger partial charge in [-0.05, 0) is 89.0 Å². The number of halogens is 1. The van der Waals surface area contributed by atoms with E-state index in [1.807, 2.05) is 110 Å². The van der Waals surface area contributed by atoms with E-state index < -0.39 is 17.1 Å². The fourth-order valence-corrected chi connectivity index (χ4v) is 6.41. The Labute approximate surface area is 294 Å². The van der Waals surface area contributed by atoms with Crippen LogP contribution in [-0.4, -0.2) is 17.7 Å². The number of carbonyl (C=O) groups excluding carboxylic acids is 3. The number of hydrogen-bond donors (Lipinski definition) is 3. The molecule has 0 heterocycles. The zero-order valence-corrected chi connectivity index (χ0v) is 28.1. The first-order chi connectivity index (χ1) is 23.8. The van der Waals surface area contributed by atoms with Crippen LogP contribution in [0.1, 0.15) is 32.3 Å². The highest BCUT2D eigenvalue weighted by atomic mass is 35.5. The Kier molecular flexibility index (Phi) is 10.5. The predicted molar refractivity (Wildman–Crippen MR) is 201 cm³/mol. The van der Waals surface area contributed by atoms with Crippen LogP contribution in [0.25, 0.3) is 16.8 Å². The van der Waals surface area contributed by atoms with Crippen LogP contribution in [0.15, 0.2) is 156 Å². The maximum atomic E-state index is 13.7. The van der Waals surface area contributed by atoms with E-state index in [2.05, 4.69) is 16.0 Å². The van der Waals surface area contributed by atoms with E-state index in [-0.39, 0.29) is 11.6 Å². The third kappa shape index (κ3) is 8.46. The highest BCUT2D eigenvalue weighted by Gasteiger charge is 2.23. The summed E-state index contributed by atoms with van der Waals surface area (Å²) in [6.45, 7) is 1.91. The molecule has 49 heavy (non-hydrogen) atoms. The van der Waals surface area contributed by atoms with Crippen molar-refractivity contribution in [3.05, 3.63) is 179 Å². The van der Waals surface area contributed by atoms with Crippen LogP contribution in [-0.2, 0) is 9.59 Å². The lowest BCUT2D eigenvalue weighted by Crippen LogP contribution is -2.30. The number of aryl methyl sites for hydroxylation is 1. The third-order valence-electron chi connectivity index (χ3n) is 7.80. The number of anilines is 2. The molecule has 0 saturated carbocycles. The minimum absolute atomic E-state index is 0.0979. The molecule has 0 aliphatic rings. The van der Waals surface area contributed by atoms with Crippen molar-refractivity contribution in [1.29, 1.82) is 0 Å². The molecule has 6 aromatic carbocycles. The predicted octanol–water partition coefficient (Wildman–Crippen LogP) is 9.68. The largest absolute Gasteiger partial charge is 0.325 e. The second-order valence-corrected chi connectivity index (χ2v) is 12.9. The Bertz CT molecular complexity index is 2150. The van der Waals surface area contributed by atoms with Crippen molar-refractivity contribution >= 4 is 69.3 Å². The number of benzene rings is 6. The summed E-state index contributed by atoms with van der Waals surface area (Å²) in [4.78, 5) is 41.2. The van der Waals surface area contributed by atoms with Crippen molar-refractivity contribution in [2.45, 2.75) is 17.1 Å². The van der Waals surface area contributed by atoms with Crippen molar-refractivity contribution in [2.75, 3.05) is 10.6 Å². The number of fused-ring (bicyclic) bond motifs is 1. The molecular weight excluding hydrogens is 650 g/mol. The molecule has 0 aromatic heterocycles. The van der Waals surface area contributed by atoms with Crippen molar-refractivity contribution < 1.29 is 14.4 Å². The zero-order chi connectivity index (χ0) is 34.2. The van der Waals surface area contributed by atoms with E-state index in [1.165, 1.54) is 11.8 Å². The van der Waals surface area contributed by atoms with Crippen molar-refractivity contribution in [2.24, 2.45) is 0 Å². The number of amides is 3. The molecule has 3 N–H and O–H groups in total. The molecule has 242 valence electrons. The van der Waals surface area contributed by atoms with Crippen molar-refractivity contribution in [3.8, 4) is 0 Å². The molecule has 8 heteroatoms. The molecule has 6 rings (SSSR count). The summed E-state index contributed by atoms with van der Waals surface area (Å²) in [7, 11) is 0. The maximum Gasteiger partial charge on any atom is 0.272 e. The highest BCUT2D eigenvalue weighted by Crippen LogP contribution is 2.37. The Morgan fingerprint density at radius 3 is 2.08 bits per heavy atom. The van der Waals surface area contributed by atoms with Crippen LogP contribution in [0.2, 0.25) is 5.02 Å². The molecule has 6 aromatic rings. The molecule has 0 aliphatic heterocycles. The van der Waals surface area contributed by atoms with E-state index >= 15 is 0 Å². The number of hydrogen-bond acceptors (Lipinski definition) is 4. The summed E-state index contributed by atoms with van der Waals surface area (Å²) < 4.78 is 0. The van der Waals surface area contributed by atoms with Gasteiger partial charge in [0.05, 0.1) is 0 Å². The summed E-state index contributed by atoms with van der Waals surface area (Å²) in [5.41, 5.74) is 4.24. The Hall–Kier alpha value is -5.63. The van der Waals surface area contributed by atoms with Crippen LogP contribution >= 0.6 is 23.4 Å². The van der Waals surface area contributed by atoms with E-state index in [0.29, 0.717) is 22.0 Å². The van der Waals surface area contributed by atoms with E-state index in [0.717, 1.165) is 32.4 Å². The van der Waals surface area contributed by atoms with Gasteiger partial charge in [-0.25, -0.2) is 0 Å². The average Bonchev–Trinajstić information content (AvgIpc) is 3.13. The van der Waals surface area contributed by atoms with Crippen molar-refractivity contribution in [1.82, 2.24) is 5.32 Å². The molecule has 0 aliphatic carbocycles. The molecule has 6 nitrogen and oxygen atoms in total. The van der Waals surface area contributed by atoms with Gasteiger partial charge in [-0.2, -0.15) is 0 Å². The number of rotatable bonds is 10. The molecule has 0 spiro atoms. The van der Waals surface area contributed by atoms with Gasteiger partial charge in [0.25, 0.3) is 11.8 Å². The lowest BCUT2D eigenvalue weighted by Gasteiger charge is -2.18. The molecule has 0 radical (unpaired) electrons. The van der Waals surface area contributed by atoms with Crippen LogP contribution in [0, 0.1) is 6.92 Å². The third-order valence-corrected chi connectivity index (χ3v) is 9.47. The SMILES string of the molecule is Cc1ccc(NC(=O)C(Sc2ccc(NC(=O)/C(=C/c3cccc4ccccc34)NC(=O)c3ccccc3)cc2)c2ccccc2)cc1Cl. The van der Waals surface area contributed by atoms with Gasteiger partial charge in [-0.1, -0.05) is 109 Å². The van der Waals surface area contributed by atoms with Gasteiger partial charge < -0.3 is 16.0 Å². The second kappa shape index (κ2) is 15.5. The van der Waals surface area contributed by atoms with E-state index in [9.17, 15) is 14.4 Å². The first-order valence-electron chi connectivity index (χ1n) is 15.6. The molecule has 0 bridgehead atoms. The topological polar surface area (TPSA) is 87.3 Å². The van der Waals surface area contributed by atoms with Crippen LogP contribution in [0.3, 0.4) is 0 Å². The quantitative estimate of drug-likeness (QED) is 0.0993. The summed E-state index contributed by atoms with van der Waals surface area (Å²) >= 11 is 7.69. The van der Waals surface area contributed by atoms with Gasteiger partial charge >= 0.3 is 0 Å². The van der Waals surface area contributed by atoms with Crippen LogP contribution in [0.5, 0.6) is 0 Å². The Balaban J connectivity index is 1.22. The number of carbonyl (C=O) groups is 3. The zero-order valence-electron chi connectivity index (χ0n) is 26.5. The molecule has 0 fully saturated rings. The van der Waals surface area contributed by atoms with Gasteiger partial charge in [0.1, 0.15) is 10.9 Å². The average molecular weight is 682 g/mol.